The van der Waals surface area contributed by atoms with Crippen molar-refractivity contribution in [1.82, 2.24) is 15.0 Å². The number of aromatic nitrogens is 3. The van der Waals surface area contributed by atoms with Crippen molar-refractivity contribution in [1.29, 1.82) is 0 Å². The number of rotatable bonds is 1. The van der Waals surface area contributed by atoms with Crippen LogP contribution in [0.25, 0.3) is 11.0 Å². The summed E-state index contributed by atoms with van der Waals surface area (Å²) < 4.78 is 0. The monoisotopic (exact) mass is 197 g/mol. The summed E-state index contributed by atoms with van der Waals surface area (Å²) in [4.78, 5) is 1.47. The van der Waals surface area contributed by atoms with Crippen molar-refractivity contribution in [2.75, 3.05) is 0 Å². The molecule has 1 heterocycles. The van der Waals surface area contributed by atoms with Crippen LogP contribution < -0.4 is 0 Å². The molecule has 1 aromatic heterocycles. The summed E-state index contributed by atoms with van der Waals surface area (Å²) in [5.74, 6) is 0. The highest BCUT2D eigenvalue weighted by atomic mass is 35.5. The van der Waals surface area contributed by atoms with Crippen molar-refractivity contribution in [3.05, 3.63) is 22.7 Å². The lowest BCUT2D eigenvalue weighted by molar-refractivity contribution is 0.282. The van der Waals surface area contributed by atoms with Crippen molar-refractivity contribution in [3.8, 4) is 0 Å². The SMILES string of the molecule is Cn1nc2cc(Cl)c(CO)cc2n1. The maximum Gasteiger partial charge on any atom is 0.114 e. The van der Waals surface area contributed by atoms with E-state index < -0.39 is 0 Å². The van der Waals surface area contributed by atoms with Crippen molar-refractivity contribution in [2.45, 2.75) is 6.61 Å². The van der Waals surface area contributed by atoms with Gasteiger partial charge in [-0.25, -0.2) is 0 Å². The van der Waals surface area contributed by atoms with E-state index in [-0.39, 0.29) is 6.61 Å². The molecule has 0 bridgehead atoms. The van der Waals surface area contributed by atoms with Crippen LogP contribution >= 0.6 is 11.6 Å². The molecular weight excluding hydrogens is 190 g/mol. The molecule has 4 nitrogen and oxygen atoms in total. The van der Waals surface area contributed by atoms with Gasteiger partial charge < -0.3 is 5.11 Å². The van der Waals surface area contributed by atoms with Crippen LogP contribution in [0.5, 0.6) is 0 Å². The van der Waals surface area contributed by atoms with Gasteiger partial charge in [0.05, 0.1) is 6.61 Å². The second-order valence-corrected chi connectivity index (χ2v) is 3.19. The third kappa shape index (κ3) is 1.38. The Balaban J connectivity index is 2.72. The molecule has 0 aliphatic carbocycles. The molecule has 0 amide bonds. The highest BCUT2D eigenvalue weighted by Crippen LogP contribution is 2.21. The van der Waals surface area contributed by atoms with Crippen molar-refractivity contribution >= 4 is 22.6 Å². The van der Waals surface area contributed by atoms with E-state index in [1.807, 2.05) is 0 Å². The third-order valence-electron chi connectivity index (χ3n) is 1.82. The number of hydrogen-bond donors (Lipinski definition) is 1. The second-order valence-electron chi connectivity index (χ2n) is 2.78. The predicted octanol–water partition coefficient (Wildman–Crippen LogP) is 1.11. The fourth-order valence-electron chi connectivity index (χ4n) is 1.21. The zero-order valence-corrected chi connectivity index (χ0v) is 7.78. The fourth-order valence-corrected chi connectivity index (χ4v) is 1.43. The Hall–Kier alpha value is -1.13. The second kappa shape index (κ2) is 2.97. The fraction of sp³-hybridized carbons (Fsp3) is 0.250. The van der Waals surface area contributed by atoms with Gasteiger partial charge in [-0.05, 0) is 17.7 Å². The first-order chi connectivity index (χ1) is 6.20. The zero-order chi connectivity index (χ0) is 9.42. The Kier molecular flexibility index (Phi) is 1.94. The number of fused-ring (bicyclic) bond motifs is 1. The Morgan fingerprint density at radius 2 is 2.00 bits per heavy atom. The number of aliphatic hydroxyl groups is 1. The molecule has 0 saturated heterocycles. The maximum atomic E-state index is 8.95. The zero-order valence-electron chi connectivity index (χ0n) is 7.03. The van der Waals surface area contributed by atoms with E-state index in [1.54, 1.807) is 19.2 Å². The van der Waals surface area contributed by atoms with Gasteiger partial charge in [0.1, 0.15) is 11.0 Å². The van der Waals surface area contributed by atoms with Gasteiger partial charge in [-0.1, -0.05) is 11.6 Å². The smallest absolute Gasteiger partial charge is 0.114 e. The molecule has 0 aliphatic rings. The van der Waals surface area contributed by atoms with E-state index in [2.05, 4.69) is 10.2 Å². The molecule has 2 rings (SSSR count). The summed E-state index contributed by atoms with van der Waals surface area (Å²) in [5.41, 5.74) is 2.16. The van der Waals surface area contributed by atoms with E-state index >= 15 is 0 Å². The molecule has 5 heteroatoms. The summed E-state index contributed by atoms with van der Waals surface area (Å²) >= 11 is 5.88. The van der Waals surface area contributed by atoms with E-state index in [0.29, 0.717) is 10.6 Å². The number of aryl methyl sites for hydroxylation is 1. The van der Waals surface area contributed by atoms with Gasteiger partial charge in [0.25, 0.3) is 0 Å². The quantitative estimate of drug-likeness (QED) is 0.745. The molecule has 0 saturated carbocycles. The van der Waals surface area contributed by atoms with Crippen LogP contribution in [0.1, 0.15) is 5.56 Å². The van der Waals surface area contributed by atoms with Crippen LogP contribution in [0.4, 0.5) is 0 Å². The topological polar surface area (TPSA) is 50.9 Å². The van der Waals surface area contributed by atoms with Crippen molar-refractivity contribution in [2.24, 2.45) is 7.05 Å². The molecule has 0 spiro atoms. The minimum atomic E-state index is -0.0780. The van der Waals surface area contributed by atoms with Gasteiger partial charge in [-0.3, -0.25) is 0 Å². The van der Waals surface area contributed by atoms with Crippen LogP contribution in [0.2, 0.25) is 5.02 Å². The standard InChI is InChI=1S/C8H8ClN3O/c1-12-10-7-2-5(4-13)6(9)3-8(7)11-12/h2-3,13H,4H2,1H3. The van der Waals surface area contributed by atoms with E-state index in [1.165, 1.54) is 4.80 Å². The van der Waals surface area contributed by atoms with Crippen LogP contribution in [-0.2, 0) is 13.7 Å². The highest BCUT2D eigenvalue weighted by molar-refractivity contribution is 6.32. The molecule has 0 unspecified atom stereocenters. The average Bonchev–Trinajstić information content (AvgIpc) is 2.42. The third-order valence-corrected chi connectivity index (χ3v) is 2.17. The summed E-state index contributed by atoms with van der Waals surface area (Å²) in [6.45, 7) is -0.0780. The first-order valence-corrected chi connectivity index (χ1v) is 4.19. The number of nitrogens with zero attached hydrogens (tertiary/aromatic N) is 3. The van der Waals surface area contributed by atoms with Crippen LogP contribution in [0.15, 0.2) is 12.1 Å². The molecule has 0 radical (unpaired) electrons. The molecular formula is C8H8ClN3O. The van der Waals surface area contributed by atoms with Crippen LogP contribution in [0, 0.1) is 0 Å². The van der Waals surface area contributed by atoms with Gasteiger partial charge in [0, 0.05) is 12.1 Å². The minimum absolute atomic E-state index is 0.0780. The average molecular weight is 198 g/mol. The van der Waals surface area contributed by atoms with Gasteiger partial charge in [-0.15, -0.1) is 0 Å². The summed E-state index contributed by atoms with van der Waals surface area (Å²) in [6, 6.07) is 3.44. The normalized spacial score (nSPS) is 11.0. The Morgan fingerprint density at radius 3 is 2.62 bits per heavy atom. The first kappa shape index (κ1) is 8.47. The van der Waals surface area contributed by atoms with Gasteiger partial charge in [0.15, 0.2) is 0 Å². The molecule has 1 N–H and O–H groups in total. The van der Waals surface area contributed by atoms with E-state index in [4.69, 9.17) is 16.7 Å². The molecule has 1 aromatic carbocycles. The van der Waals surface area contributed by atoms with E-state index in [9.17, 15) is 0 Å². The van der Waals surface area contributed by atoms with Gasteiger partial charge in [-0.2, -0.15) is 15.0 Å². The largest absolute Gasteiger partial charge is 0.392 e. The van der Waals surface area contributed by atoms with Gasteiger partial charge >= 0.3 is 0 Å². The molecule has 2 aromatic rings. The predicted molar refractivity (Wildman–Crippen MR) is 49.4 cm³/mol. The Labute approximate surface area is 79.7 Å². The number of benzene rings is 1. The number of halogens is 1. The van der Waals surface area contributed by atoms with Crippen LogP contribution in [0.3, 0.4) is 0 Å². The van der Waals surface area contributed by atoms with E-state index in [0.717, 1.165) is 11.0 Å². The lowest BCUT2D eigenvalue weighted by Gasteiger charge is -1.97. The number of aliphatic hydroxyl groups excluding tert-OH is 1. The molecule has 13 heavy (non-hydrogen) atoms. The summed E-state index contributed by atoms with van der Waals surface area (Å²) in [6.07, 6.45) is 0. The van der Waals surface area contributed by atoms with Gasteiger partial charge in [0.2, 0.25) is 0 Å². The Bertz CT molecular complexity index is 452. The highest BCUT2D eigenvalue weighted by Gasteiger charge is 2.05. The lowest BCUT2D eigenvalue weighted by atomic mass is 10.2. The summed E-state index contributed by atoms with van der Waals surface area (Å²) in [5, 5.41) is 17.7. The van der Waals surface area contributed by atoms with Crippen molar-refractivity contribution < 1.29 is 5.11 Å². The molecule has 0 aliphatic heterocycles. The molecule has 0 fully saturated rings. The summed E-state index contributed by atoms with van der Waals surface area (Å²) in [7, 11) is 1.74. The first-order valence-electron chi connectivity index (χ1n) is 3.81. The van der Waals surface area contributed by atoms with Crippen LogP contribution in [-0.4, -0.2) is 20.1 Å². The molecule has 0 atom stereocenters. The lowest BCUT2D eigenvalue weighted by Crippen LogP contribution is -1.90. The maximum absolute atomic E-state index is 8.95. The Morgan fingerprint density at radius 1 is 1.38 bits per heavy atom. The number of hydrogen-bond acceptors (Lipinski definition) is 3. The van der Waals surface area contributed by atoms with Crippen molar-refractivity contribution in [3.63, 3.8) is 0 Å². The minimum Gasteiger partial charge on any atom is -0.392 e. The molecule has 68 valence electrons.